The summed E-state index contributed by atoms with van der Waals surface area (Å²) in [6.07, 6.45) is 0.874. The first-order valence-electron chi connectivity index (χ1n) is 5.62. The molecule has 0 aliphatic heterocycles. The summed E-state index contributed by atoms with van der Waals surface area (Å²) in [6, 6.07) is 15.4. The molecule has 0 amide bonds. The van der Waals surface area contributed by atoms with E-state index in [9.17, 15) is 5.11 Å². The fourth-order valence-corrected chi connectivity index (χ4v) is 1.67. The van der Waals surface area contributed by atoms with E-state index in [4.69, 9.17) is 5.73 Å². The standard InChI is InChI=1S/C14H16N2O/c15-13-10-11(6-7-14(13)17)8-9-16-12-4-2-1-3-5-12/h1-7,10,16-17H,8-9,15H2. The Hall–Kier alpha value is -2.16. The van der Waals surface area contributed by atoms with Gasteiger partial charge >= 0.3 is 0 Å². The van der Waals surface area contributed by atoms with Gasteiger partial charge in [0.15, 0.2) is 0 Å². The highest BCUT2D eigenvalue weighted by molar-refractivity contribution is 5.53. The van der Waals surface area contributed by atoms with Crippen LogP contribution in [0.15, 0.2) is 48.5 Å². The van der Waals surface area contributed by atoms with Crippen LogP contribution in [0.2, 0.25) is 0 Å². The number of phenols is 1. The maximum Gasteiger partial charge on any atom is 0.138 e. The van der Waals surface area contributed by atoms with Crippen LogP contribution in [0.3, 0.4) is 0 Å². The summed E-state index contributed by atoms with van der Waals surface area (Å²) >= 11 is 0. The van der Waals surface area contributed by atoms with Gasteiger partial charge in [0.25, 0.3) is 0 Å². The molecule has 0 fully saturated rings. The molecule has 2 aromatic carbocycles. The molecule has 0 aliphatic carbocycles. The molecule has 0 unspecified atom stereocenters. The zero-order valence-electron chi connectivity index (χ0n) is 9.56. The lowest BCUT2D eigenvalue weighted by atomic mass is 10.1. The van der Waals surface area contributed by atoms with E-state index in [2.05, 4.69) is 5.32 Å². The predicted molar refractivity (Wildman–Crippen MR) is 71.2 cm³/mol. The number of phenolic OH excluding ortho intramolecular Hbond substituents is 1. The van der Waals surface area contributed by atoms with E-state index in [1.165, 1.54) is 0 Å². The highest BCUT2D eigenvalue weighted by Crippen LogP contribution is 2.20. The fraction of sp³-hybridized carbons (Fsp3) is 0.143. The minimum Gasteiger partial charge on any atom is -0.506 e. The number of hydrogen-bond donors (Lipinski definition) is 3. The first-order chi connectivity index (χ1) is 8.25. The van der Waals surface area contributed by atoms with Crippen molar-refractivity contribution in [1.29, 1.82) is 0 Å². The van der Waals surface area contributed by atoms with Gasteiger partial charge in [0.2, 0.25) is 0 Å². The number of aromatic hydroxyl groups is 1. The van der Waals surface area contributed by atoms with Crippen molar-refractivity contribution in [2.45, 2.75) is 6.42 Å². The molecular formula is C14H16N2O. The topological polar surface area (TPSA) is 58.3 Å². The molecule has 0 radical (unpaired) electrons. The smallest absolute Gasteiger partial charge is 0.138 e. The molecule has 3 heteroatoms. The van der Waals surface area contributed by atoms with E-state index < -0.39 is 0 Å². The van der Waals surface area contributed by atoms with Gasteiger partial charge in [-0.25, -0.2) is 0 Å². The van der Waals surface area contributed by atoms with E-state index in [1.807, 2.05) is 42.5 Å². The van der Waals surface area contributed by atoms with Crippen molar-refractivity contribution in [2.75, 3.05) is 17.6 Å². The Morgan fingerprint density at radius 2 is 1.82 bits per heavy atom. The van der Waals surface area contributed by atoms with Crippen LogP contribution in [0.25, 0.3) is 0 Å². The molecule has 17 heavy (non-hydrogen) atoms. The lowest BCUT2D eigenvalue weighted by molar-refractivity contribution is 0.478. The maximum absolute atomic E-state index is 9.31. The minimum absolute atomic E-state index is 0.143. The molecule has 0 saturated carbocycles. The summed E-state index contributed by atoms with van der Waals surface area (Å²) in [4.78, 5) is 0. The number of nitrogens with one attached hydrogen (secondary N) is 1. The Morgan fingerprint density at radius 1 is 1.06 bits per heavy atom. The number of hydrogen-bond acceptors (Lipinski definition) is 3. The summed E-state index contributed by atoms with van der Waals surface area (Å²) in [5.41, 5.74) is 8.29. The van der Waals surface area contributed by atoms with E-state index in [0.29, 0.717) is 5.69 Å². The number of rotatable bonds is 4. The third kappa shape index (κ3) is 3.14. The van der Waals surface area contributed by atoms with E-state index in [0.717, 1.165) is 24.2 Å². The second-order valence-electron chi connectivity index (χ2n) is 3.94. The normalized spacial score (nSPS) is 10.1. The molecule has 88 valence electrons. The van der Waals surface area contributed by atoms with Crippen LogP contribution in [0.1, 0.15) is 5.56 Å². The summed E-state index contributed by atoms with van der Waals surface area (Å²) in [6.45, 7) is 0.841. The van der Waals surface area contributed by atoms with Gasteiger partial charge in [-0.2, -0.15) is 0 Å². The third-order valence-electron chi connectivity index (χ3n) is 2.61. The average Bonchev–Trinajstić information content (AvgIpc) is 2.35. The molecule has 2 rings (SSSR count). The van der Waals surface area contributed by atoms with Crippen LogP contribution >= 0.6 is 0 Å². The minimum atomic E-state index is 0.143. The lowest BCUT2D eigenvalue weighted by Gasteiger charge is -2.07. The van der Waals surface area contributed by atoms with Crippen molar-refractivity contribution in [3.05, 3.63) is 54.1 Å². The third-order valence-corrected chi connectivity index (χ3v) is 2.61. The first kappa shape index (κ1) is 11.3. The molecule has 0 aromatic heterocycles. The monoisotopic (exact) mass is 228 g/mol. The fourth-order valence-electron chi connectivity index (χ4n) is 1.67. The Labute approximate surface area is 101 Å². The van der Waals surface area contributed by atoms with Crippen molar-refractivity contribution >= 4 is 11.4 Å². The highest BCUT2D eigenvalue weighted by atomic mass is 16.3. The number of anilines is 2. The number of nitrogen functional groups attached to an aromatic ring is 1. The Morgan fingerprint density at radius 3 is 2.53 bits per heavy atom. The summed E-state index contributed by atoms with van der Waals surface area (Å²) in [5, 5.41) is 12.6. The van der Waals surface area contributed by atoms with Crippen molar-refractivity contribution in [1.82, 2.24) is 0 Å². The van der Waals surface area contributed by atoms with Crippen molar-refractivity contribution in [2.24, 2.45) is 0 Å². The van der Waals surface area contributed by atoms with Crippen molar-refractivity contribution in [3.63, 3.8) is 0 Å². The second-order valence-corrected chi connectivity index (χ2v) is 3.94. The van der Waals surface area contributed by atoms with Crippen LogP contribution in [0.4, 0.5) is 11.4 Å². The summed E-state index contributed by atoms with van der Waals surface area (Å²) in [7, 11) is 0. The number of benzene rings is 2. The van der Waals surface area contributed by atoms with Crippen LogP contribution < -0.4 is 11.1 Å². The van der Waals surface area contributed by atoms with E-state index in [1.54, 1.807) is 6.07 Å². The molecule has 0 saturated heterocycles. The van der Waals surface area contributed by atoms with Gasteiger partial charge in [-0.3, -0.25) is 0 Å². The maximum atomic E-state index is 9.31. The summed E-state index contributed by atoms with van der Waals surface area (Å²) < 4.78 is 0. The predicted octanol–water partition coefficient (Wildman–Crippen LogP) is 2.63. The van der Waals surface area contributed by atoms with E-state index >= 15 is 0 Å². The molecule has 3 nitrogen and oxygen atoms in total. The zero-order valence-corrected chi connectivity index (χ0v) is 9.56. The first-order valence-corrected chi connectivity index (χ1v) is 5.62. The average molecular weight is 228 g/mol. The lowest BCUT2D eigenvalue weighted by Crippen LogP contribution is -2.04. The number of para-hydroxylation sites is 1. The van der Waals surface area contributed by atoms with Gasteiger partial charge in [0.05, 0.1) is 5.69 Å². The van der Waals surface area contributed by atoms with E-state index in [-0.39, 0.29) is 5.75 Å². The molecule has 0 spiro atoms. The van der Waals surface area contributed by atoms with Gasteiger partial charge in [-0.1, -0.05) is 24.3 Å². The largest absolute Gasteiger partial charge is 0.506 e. The molecule has 0 bridgehead atoms. The van der Waals surface area contributed by atoms with Gasteiger partial charge in [0, 0.05) is 12.2 Å². The molecule has 2 aromatic rings. The van der Waals surface area contributed by atoms with Crippen molar-refractivity contribution in [3.8, 4) is 5.75 Å². The van der Waals surface area contributed by atoms with Gasteiger partial charge in [-0.05, 0) is 36.2 Å². The molecule has 0 atom stereocenters. The van der Waals surface area contributed by atoms with Gasteiger partial charge < -0.3 is 16.2 Å². The van der Waals surface area contributed by atoms with Gasteiger partial charge in [-0.15, -0.1) is 0 Å². The van der Waals surface area contributed by atoms with Crippen LogP contribution in [0.5, 0.6) is 5.75 Å². The summed E-state index contributed by atoms with van der Waals surface area (Å²) in [5.74, 6) is 0.143. The quantitative estimate of drug-likeness (QED) is 0.557. The molecule has 0 heterocycles. The van der Waals surface area contributed by atoms with Crippen LogP contribution in [-0.2, 0) is 6.42 Å². The van der Waals surface area contributed by atoms with Crippen molar-refractivity contribution < 1.29 is 5.11 Å². The molecule has 4 N–H and O–H groups in total. The Balaban J connectivity index is 1.88. The van der Waals surface area contributed by atoms with Crippen LogP contribution in [0, 0.1) is 0 Å². The SMILES string of the molecule is Nc1cc(CCNc2ccccc2)ccc1O. The second kappa shape index (κ2) is 5.25. The van der Waals surface area contributed by atoms with Gasteiger partial charge in [0.1, 0.15) is 5.75 Å². The number of nitrogens with two attached hydrogens (primary N) is 1. The highest BCUT2D eigenvalue weighted by Gasteiger charge is 1.98. The molecular weight excluding hydrogens is 212 g/mol. The Bertz CT molecular complexity index is 483. The zero-order chi connectivity index (χ0) is 12.1. The van der Waals surface area contributed by atoms with Crippen LogP contribution in [-0.4, -0.2) is 11.7 Å². The molecule has 0 aliphatic rings. The Kier molecular flexibility index (Phi) is 3.50.